The fourth-order valence-corrected chi connectivity index (χ4v) is 4.01. The molecule has 6 heteroatoms. The highest BCUT2D eigenvalue weighted by atomic mass is 32.1. The van der Waals surface area contributed by atoms with E-state index in [0.717, 1.165) is 42.9 Å². The quantitative estimate of drug-likeness (QED) is 0.541. The second-order valence-corrected chi connectivity index (χ2v) is 6.98. The summed E-state index contributed by atoms with van der Waals surface area (Å²) in [5, 5.41) is 20.5. The zero-order valence-corrected chi connectivity index (χ0v) is 14.1. The van der Waals surface area contributed by atoms with Crippen LogP contribution in [0.4, 0.5) is 0 Å². The molecule has 0 spiro atoms. The number of nitrogens with zero attached hydrogens (tertiary/aromatic N) is 2. The van der Waals surface area contributed by atoms with E-state index in [2.05, 4.69) is 18.0 Å². The first-order valence-corrected chi connectivity index (χ1v) is 8.88. The number of nitriles is 1. The minimum Gasteiger partial charge on any atom is -0.506 e. The van der Waals surface area contributed by atoms with Crippen LogP contribution in [0, 0.1) is 11.3 Å². The fourth-order valence-electron chi connectivity index (χ4n) is 3.03. The lowest BCUT2D eigenvalue weighted by Gasteiger charge is -2.28. The molecule has 5 nitrogen and oxygen atoms in total. The van der Waals surface area contributed by atoms with Crippen molar-refractivity contribution >= 4 is 27.1 Å². The predicted molar refractivity (Wildman–Crippen MR) is 91.6 cm³/mol. The minimum atomic E-state index is 0.168. The first-order valence-electron chi connectivity index (χ1n) is 8.06. The molecule has 1 aromatic heterocycles. The Balaban J connectivity index is 1.78. The van der Waals surface area contributed by atoms with Gasteiger partial charge in [-0.25, -0.2) is 4.98 Å². The maximum absolute atomic E-state index is 10.5. The Hall–Kier alpha value is -1.94. The van der Waals surface area contributed by atoms with E-state index >= 15 is 0 Å². The van der Waals surface area contributed by atoms with Crippen molar-refractivity contribution in [1.29, 1.82) is 5.26 Å². The number of thiazole rings is 1. The minimum absolute atomic E-state index is 0.168. The van der Waals surface area contributed by atoms with E-state index in [-0.39, 0.29) is 5.76 Å². The standard InChI is InChI=1S/C17H20N4OS/c1-2-20-7-9-21(10-8-20)12-15(22)13(11-18)17-19-14-5-3-4-6-16(14)23-17/h3-6,22H,2,7-10,12H2,1H3/p+2/b15-13-. The number of rotatable bonds is 4. The lowest BCUT2D eigenvalue weighted by Crippen LogP contribution is -3.28. The number of quaternary nitrogens is 2. The SMILES string of the molecule is CC[NH+]1CC[NH+](C/C(O)=C(\C#N)c2nc3ccccc3s2)CC1. The molecule has 0 bridgehead atoms. The number of allylic oxidation sites excluding steroid dienone is 1. The Morgan fingerprint density at radius 2 is 1.96 bits per heavy atom. The molecule has 1 aliphatic rings. The van der Waals surface area contributed by atoms with E-state index in [0.29, 0.717) is 17.1 Å². The Morgan fingerprint density at radius 3 is 2.61 bits per heavy atom. The van der Waals surface area contributed by atoms with Crippen LogP contribution in [0.5, 0.6) is 0 Å². The van der Waals surface area contributed by atoms with Gasteiger partial charge in [-0.3, -0.25) is 0 Å². The number of piperazine rings is 1. The van der Waals surface area contributed by atoms with Crippen LogP contribution in [0.15, 0.2) is 30.0 Å². The fraction of sp³-hybridized carbons (Fsp3) is 0.412. The summed E-state index contributed by atoms with van der Waals surface area (Å²) in [5.74, 6) is 0.168. The molecule has 23 heavy (non-hydrogen) atoms. The number of fused-ring (bicyclic) bond motifs is 1. The van der Waals surface area contributed by atoms with Gasteiger partial charge in [0.05, 0.1) is 16.8 Å². The van der Waals surface area contributed by atoms with Gasteiger partial charge in [-0.15, -0.1) is 11.3 Å². The van der Waals surface area contributed by atoms with Crippen molar-refractivity contribution in [1.82, 2.24) is 4.98 Å². The van der Waals surface area contributed by atoms with Crippen molar-refractivity contribution in [3.05, 3.63) is 35.0 Å². The van der Waals surface area contributed by atoms with E-state index in [4.69, 9.17) is 0 Å². The molecule has 0 saturated carbocycles. The molecule has 1 aliphatic heterocycles. The zero-order valence-electron chi connectivity index (χ0n) is 13.3. The van der Waals surface area contributed by atoms with Crippen molar-refractivity contribution in [2.75, 3.05) is 39.3 Å². The molecule has 0 radical (unpaired) electrons. The van der Waals surface area contributed by atoms with Gasteiger partial charge in [0.25, 0.3) is 0 Å². The van der Waals surface area contributed by atoms with Crippen molar-refractivity contribution in [3.63, 3.8) is 0 Å². The summed E-state index contributed by atoms with van der Waals surface area (Å²) in [6.45, 7) is 8.19. The number of para-hydroxylation sites is 1. The number of aliphatic hydroxyl groups is 1. The Labute approximate surface area is 140 Å². The van der Waals surface area contributed by atoms with E-state index in [1.807, 2.05) is 24.3 Å². The number of aliphatic hydroxyl groups excluding tert-OH is 1. The van der Waals surface area contributed by atoms with Crippen LogP contribution in [0.25, 0.3) is 15.8 Å². The van der Waals surface area contributed by atoms with Crippen LogP contribution in [0.3, 0.4) is 0 Å². The number of hydrogen-bond donors (Lipinski definition) is 3. The highest BCUT2D eigenvalue weighted by Crippen LogP contribution is 2.27. The normalized spacial score (nSPS) is 22.6. The lowest BCUT2D eigenvalue weighted by atomic mass is 10.2. The van der Waals surface area contributed by atoms with Crippen LogP contribution in [-0.2, 0) is 0 Å². The van der Waals surface area contributed by atoms with Crippen LogP contribution in [0.1, 0.15) is 11.9 Å². The van der Waals surface area contributed by atoms with Gasteiger partial charge in [-0.2, -0.15) is 5.26 Å². The van der Waals surface area contributed by atoms with Gasteiger partial charge >= 0.3 is 0 Å². The van der Waals surface area contributed by atoms with Crippen molar-refractivity contribution in [3.8, 4) is 6.07 Å². The van der Waals surface area contributed by atoms with Gasteiger partial charge in [0.15, 0.2) is 5.76 Å². The van der Waals surface area contributed by atoms with E-state index < -0.39 is 0 Å². The maximum Gasteiger partial charge on any atom is 0.168 e. The monoisotopic (exact) mass is 330 g/mol. The van der Waals surface area contributed by atoms with E-state index in [1.54, 1.807) is 4.90 Å². The van der Waals surface area contributed by atoms with Crippen molar-refractivity contribution < 1.29 is 14.9 Å². The highest BCUT2D eigenvalue weighted by molar-refractivity contribution is 7.19. The summed E-state index contributed by atoms with van der Waals surface area (Å²) in [6.07, 6.45) is 0. The van der Waals surface area contributed by atoms with Gasteiger partial charge in [-0.05, 0) is 19.1 Å². The average Bonchev–Trinajstić information content (AvgIpc) is 2.99. The van der Waals surface area contributed by atoms with E-state index in [9.17, 15) is 10.4 Å². The number of hydrogen-bond acceptors (Lipinski definition) is 4. The number of nitrogens with one attached hydrogen (secondary N) is 2. The third-order valence-corrected chi connectivity index (χ3v) is 5.54. The summed E-state index contributed by atoms with van der Waals surface area (Å²) in [6, 6.07) is 9.95. The molecular weight excluding hydrogens is 308 g/mol. The number of likely N-dealkylation sites (N-methyl/N-ethyl adjacent to an activating group) is 1. The third-order valence-electron chi connectivity index (χ3n) is 4.49. The van der Waals surface area contributed by atoms with Crippen molar-refractivity contribution in [2.24, 2.45) is 0 Å². The molecule has 120 valence electrons. The Kier molecular flexibility index (Phi) is 4.91. The average molecular weight is 330 g/mol. The van der Waals surface area contributed by atoms with Gasteiger partial charge in [-0.1, -0.05) is 12.1 Å². The Bertz CT molecular complexity index is 720. The summed E-state index contributed by atoms with van der Waals surface area (Å²) in [7, 11) is 0. The summed E-state index contributed by atoms with van der Waals surface area (Å²) in [5.41, 5.74) is 1.20. The molecular formula is C17H22N4OS+2. The molecule has 0 unspecified atom stereocenters. The molecule has 0 aliphatic carbocycles. The van der Waals surface area contributed by atoms with Gasteiger partial charge in [0.1, 0.15) is 49.4 Å². The number of aromatic nitrogens is 1. The number of benzene rings is 1. The summed E-state index contributed by atoms with van der Waals surface area (Å²) >= 11 is 1.46. The maximum atomic E-state index is 10.5. The zero-order chi connectivity index (χ0) is 16.2. The van der Waals surface area contributed by atoms with Gasteiger partial charge in [0.2, 0.25) is 0 Å². The molecule has 2 heterocycles. The van der Waals surface area contributed by atoms with Crippen LogP contribution in [0.2, 0.25) is 0 Å². The molecule has 0 atom stereocenters. The van der Waals surface area contributed by atoms with Gasteiger partial charge in [0, 0.05) is 0 Å². The first-order chi connectivity index (χ1) is 11.2. The van der Waals surface area contributed by atoms with Crippen molar-refractivity contribution in [2.45, 2.75) is 6.92 Å². The van der Waals surface area contributed by atoms with Crippen LogP contribution < -0.4 is 9.80 Å². The molecule has 3 rings (SSSR count). The summed E-state index contributed by atoms with van der Waals surface area (Å²) < 4.78 is 1.04. The molecule has 1 fully saturated rings. The molecule has 3 N–H and O–H groups in total. The molecule has 2 aromatic rings. The Morgan fingerprint density at radius 1 is 1.26 bits per heavy atom. The first kappa shape index (κ1) is 15.9. The van der Waals surface area contributed by atoms with Gasteiger partial charge < -0.3 is 14.9 Å². The highest BCUT2D eigenvalue weighted by Gasteiger charge is 2.24. The lowest BCUT2D eigenvalue weighted by molar-refractivity contribution is -1.01. The molecule has 1 aromatic carbocycles. The largest absolute Gasteiger partial charge is 0.506 e. The van der Waals surface area contributed by atoms with Crippen LogP contribution >= 0.6 is 11.3 Å². The second-order valence-electron chi connectivity index (χ2n) is 5.95. The second kappa shape index (κ2) is 7.09. The smallest absolute Gasteiger partial charge is 0.168 e. The topological polar surface area (TPSA) is 65.8 Å². The third kappa shape index (κ3) is 3.53. The van der Waals surface area contributed by atoms with E-state index in [1.165, 1.54) is 16.2 Å². The summed E-state index contributed by atoms with van der Waals surface area (Å²) in [4.78, 5) is 7.44. The predicted octanol–water partition coefficient (Wildman–Crippen LogP) is -0.108. The van der Waals surface area contributed by atoms with Crippen LogP contribution in [-0.4, -0.2) is 49.4 Å². The molecule has 0 amide bonds. The molecule has 1 saturated heterocycles.